The Bertz CT molecular complexity index is 1030. The van der Waals surface area contributed by atoms with Crippen molar-refractivity contribution < 1.29 is 28.6 Å². The number of carbonyl (C=O) groups is 2. The zero-order chi connectivity index (χ0) is 23.4. The standard InChI is InChI=1S/C26H28FNO5/c1-2-3-14-32-20-12-8-17(9-13-20)23-22(24(29)18-6-10-19(27)11-7-18)25(30)26(31)28(23)16-21-5-4-15-33-21/h6-13,21,23,29H,2-5,14-16H2,1H3. The predicted molar refractivity (Wildman–Crippen MR) is 121 cm³/mol. The molecule has 0 spiro atoms. The normalized spacial score (nSPS) is 22.2. The maximum absolute atomic E-state index is 13.4. The van der Waals surface area contributed by atoms with Gasteiger partial charge in [0.15, 0.2) is 0 Å². The molecule has 2 heterocycles. The molecule has 33 heavy (non-hydrogen) atoms. The summed E-state index contributed by atoms with van der Waals surface area (Å²) in [4.78, 5) is 27.5. The van der Waals surface area contributed by atoms with Crippen molar-refractivity contribution in [3.63, 3.8) is 0 Å². The average Bonchev–Trinajstić information content (AvgIpc) is 3.42. The Balaban J connectivity index is 1.72. The van der Waals surface area contributed by atoms with E-state index in [-0.39, 0.29) is 29.5 Å². The fraction of sp³-hybridized carbons (Fsp3) is 0.385. The number of ketones is 1. The second-order valence-electron chi connectivity index (χ2n) is 8.36. The van der Waals surface area contributed by atoms with E-state index < -0.39 is 23.5 Å². The van der Waals surface area contributed by atoms with Crippen LogP contribution in [0, 0.1) is 5.82 Å². The highest BCUT2D eigenvalue weighted by atomic mass is 19.1. The fourth-order valence-electron chi connectivity index (χ4n) is 4.27. The summed E-state index contributed by atoms with van der Waals surface area (Å²) in [5.41, 5.74) is 0.944. The second-order valence-corrected chi connectivity index (χ2v) is 8.36. The lowest BCUT2D eigenvalue weighted by molar-refractivity contribution is -0.140. The number of Topliss-reactive ketones (excluding diaryl/α,β-unsaturated/α-hetero) is 1. The van der Waals surface area contributed by atoms with Gasteiger partial charge in [-0.3, -0.25) is 9.59 Å². The molecular formula is C26H28FNO5. The number of nitrogens with zero attached hydrogens (tertiary/aromatic N) is 1. The third-order valence-corrected chi connectivity index (χ3v) is 6.04. The number of amides is 1. The molecule has 7 heteroatoms. The largest absolute Gasteiger partial charge is 0.507 e. The topological polar surface area (TPSA) is 76.1 Å². The van der Waals surface area contributed by atoms with Crippen LogP contribution in [-0.2, 0) is 14.3 Å². The molecule has 2 saturated heterocycles. The first kappa shape index (κ1) is 23.0. The lowest BCUT2D eigenvalue weighted by Gasteiger charge is -2.27. The van der Waals surface area contributed by atoms with E-state index in [0.29, 0.717) is 24.5 Å². The first-order valence-corrected chi connectivity index (χ1v) is 11.4. The number of hydrogen-bond acceptors (Lipinski definition) is 5. The maximum Gasteiger partial charge on any atom is 0.295 e. The predicted octanol–water partition coefficient (Wildman–Crippen LogP) is 4.61. The molecule has 0 aromatic heterocycles. The van der Waals surface area contributed by atoms with Crippen molar-refractivity contribution in [2.45, 2.75) is 44.8 Å². The quantitative estimate of drug-likeness (QED) is 0.274. The summed E-state index contributed by atoms with van der Waals surface area (Å²) in [6, 6.07) is 11.6. The number of ether oxygens (including phenoxy) is 2. The molecule has 174 valence electrons. The van der Waals surface area contributed by atoms with Crippen molar-refractivity contribution in [3.05, 3.63) is 71.0 Å². The van der Waals surface area contributed by atoms with Gasteiger partial charge in [0.2, 0.25) is 0 Å². The van der Waals surface area contributed by atoms with Crippen molar-refractivity contribution >= 4 is 17.4 Å². The van der Waals surface area contributed by atoms with Gasteiger partial charge in [-0.1, -0.05) is 25.5 Å². The van der Waals surface area contributed by atoms with Crippen LogP contribution in [0.1, 0.15) is 49.8 Å². The third-order valence-electron chi connectivity index (χ3n) is 6.04. The van der Waals surface area contributed by atoms with Gasteiger partial charge in [-0.25, -0.2) is 4.39 Å². The molecule has 2 aromatic carbocycles. The van der Waals surface area contributed by atoms with Crippen LogP contribution in [0.3, 0.4) is 0 Å². The molecule has 4 rings (SSSR count). The van der Waals surface area contributed by atoms with Gasteiger partial charge in [0.1, 0.15) is 17.3 Å². The van der Waals surface area contributed by atoms with Crippen LogP contribution in [0.2, 0.25) is 0 Å². The Morgan fingerprint density at radius 1 is 1.15 bits per heavy atom. The highest BCUT2D eigenvalue weighted by molar-refractivity contribution is 6.46. The Morgan fingerprint density at radius 2 is 1.88 bits per heavy atom. The smallest absolute Gasteiger partial charge is 0.295 e. The van der Waals surface area contributed by atoms with Crippen LogP contribution in [0.5, 0.6) is 5.75 Å². The lowest BCUT2D eigenvalue weighted by Crippen LogP contribution is -2.36. The van der Waals surface area contributed by atoms with E-state index in [1.807, 2.05) is 0 Å². The van der Waals surface area contributed by atoms with Gasteiger partial charge < -0.3 is 19.5 Å². The SMILES string of the molecule is CCCCOc1ccc(C2C(=C(O)c3ccc(F)cc3)C(=O)C(=O)N2CC2CCCO2)cc1. The van der Waals surface area contributed by atoms with Gasteiger partial charge in [-0.05, 0) is 61.2 Å². The molecule has 1 N–H and O–H groups in total. The number of hydrogen-bond donors (Lipinski definition) is 1. The summed E-state index contributed by atoms with van der Waals surface area (Å²) in [5, 5.41) is 11.0. The van der Waals surface area contributed by atoms with Crippen molar-refractivity contribution in [1.82, 2.24) is 4.90 Å². The third kappa shape index (κ3) is 4.93. The van der Waals surface area contributed by atoms with Crippen LogP contribution >= 0.6 is 0 Å². The van der Waals surface area contributed by atoms with E-state index in [0.717, 1.165) is 25.7 Å². The molecule has 2 aromatic rings. The number of aliphatic hydroxyl groups excluding tert-OH is 1. The van der Waals surface area contributed by atoms with E-state index in [1.165, 1.54) is 29.2 Å². The summed E-state index contributed by atoms with van der Waals surface area (Å²) in [6.07, 6.45) is 3.52. The molecule has 0 aliphatic carbocycles. The number of unbranched alkanes of at least 4 members (excludes halogenated alkanes) is 1. The van der Waals surface area contributed by atoms with E-state index >= 15 is 0 Å². The Morgan fingerprint density at radius 3 is 2.52 bits per heavy atom. The van der Waals surface area contributed by atoms with E-state index in [9.17, 15) is 19.1 Å². The van der Waals surface area contributed by atoms with E-state index in [1.54, 1.807) is 24.3 Å². The zero-order valence-electron chi connectivity index (χ0n) is 18.6. The van der Waals surface area contributed by atoms with Gasteiger partial charge in [0.05, 0.1) is 24.3 Å². The average molecular weight is 454 g/mol. The highest BCUT2D eigenvalue weighted by Crippen LogP contribution is 2.40. The van der Waals surface area contributed by atoms with Crippen molar-refractivity contribution in [2.75, 3.05) is 19.8 Å². The lowest BCUT2D eigenvalue weighted by atomic mass is 9.95. The molecule has 0 radical (unpaired) electrons. The highest BCUT2D eigenvalue weighted by Gasteiger charge is 2.47. The van der Waals surface area contributed by atoms with Gasteiger partial charge in [-0.15, -0.1) is 0 Å². The van der Waals surface area contributed by atoms with Gasteiger partial charge in [-0.2, -0.15) is 0 Å². The molecule has 2 unspecified atom stereocenters. The molecule has 0 saturated carbocycles. The van der Waals surface area contributed by atoms with Crippen LogP contribution in [-0.4, -0.2) is 47.6 Å². The molecule has 6 nitrogen and oxygen atoms in total. The summed E-state index contributed by atoms with van der Waals surface area (Å²) >= 11 is 0. The number of halogens is 1. The number of likely N-dealkylation sites (tertiary alicyclic amines) is 1. The van der Waals surface area contributed by atoms with Crippen molar-refractivity contribution in [2.24, 2.45) is 0 Å². The summed E-state index contributed by atoms with van der Waals surface area (Å²) < 4.78 is 24.8. The number of benzene rings is 2. The Hall–Kier alpha value is -3.19. The van der Waals surface area contributed by atoms with E-state index in [4.69, 9.17) is 9.47 Å². The van der Waals surface area contributed by atoms with Crippen molar-refractivity contribution in [3.8, 4) is 5.75 Å². The van der Waals surface area contributed by atoms with Gasteiger partial charge in [0, 0.05) is 18.7 Å². The van der Waals surface area contributed by atoms with Crippen LogP contribution in [0.25, 0.3) is 5.76 Å². The Kier molecular flexibility index (Phi) is 7.08. The summed E-state index contributed by atoms with van der Waals surface area (Å²) in [6.45, 7) is 3.57. The Labute approximate surface area is 192 Å². The molecule has 2 atom stereocenters. The van der Waals surface area contributed by atoms with Crippen LogP contribution in [0.4, 0.5) is 4.39 Å². The number of aliphatic hydroxyl groups is 1. The first-order valence-electron chi connectivity index (χ1n) is 11.4. The van der Waals surface area contributed by atoms with E-state index in [2.05, 4.69) is 6.92 Å². The minimum Gasteiger partial charge on any atom is -0.507 e. The molecular weight excluding hydrogens is 425 g/mol. The maximum atomic E-state index is 13.4. The molecule has 2 fully saturated rings. The van der Waals surface area contributed by atoms with Gasteiger partial charge >= 0.3 is 0 Å². The van der Waals surface area contributed by atoms with Crippen LogP contribution in [0.15, 0.2) is 54.1 Å². The molecule has 0 bridgehead atoms. The minimum atomic E-state index is -0.774. The van der Waals surface area contributed by atoms with Gasteiger partial charge in [0.25, 0.3) is 11.7 Å². The first-order chi connectivity index (χ1) is 16.0. The van der Waals surface area contributed by atoms with Crippen molar-refractivity contribution in [1.29, 1.82) is 0 Å². The molecule has 1 amide bonds. The summed E-state index contributed by atoms with van der Waals surface area (Å²) in [5.74, 6) is -1.52. The number of rotatable bonds is 8. The molecule has 2 aliphatic heterocycles. The number of carbonyl (C=O) groups excluding carboxylic acids is 2. The molecule has 2 aliphatic rings. The summed E-state index contributed by atoms with van der Waals surface area (Å²) in [7, 11) is 0. The fourth-order valence-corrected chi connectivity index (χ4v) is 4.27. The minimum absolute atomic E-state index is 0.00995. The zero-order valence-corrected chi connectivity index (χ0v) is 18.6. The second kappa shape index (κ2) is 10.2. The van der Waals surface area contributed by atoms with Crippen LogP contribution < -0.4 is 4.74 Å². The monoisotopic (exact) mass is 453 g/mol.